The van der Waals surface area contributed by atoms with Crippen LogP contribution in [0.1, 0.15) is 10.4 Å². The molecule has 0 atom stereocenters. The number of rotatable bonds is 5. The fraction of sp³-hybridized carbons (Fsp3) is 0.294. The Bertz CT molecular complexity index is 984. The number of halogens is 1. The first-order valence-electron chi connectivity index (χ1n) is 8.31. The van der Waals surface area contributed by atoms with Crippen molar-refractivity contribution < 1.29 is 22.7 Å². The van der Waals surface area contributed by atoms with Crippen LogP contribution in [0.5, 0.6) is 0 Å². The van der Waals surface area contributed by atoms with E-state index in [-0.39, 0.29) is 15.7 Å². The minimum Gasteiger partial charge on any atom is -0.452 e. The third kappa shape index (κ3) is 5.02. The minimum absolute atomic E-state index is 0.0487. The van der Waals surface area contributed by atoms with E-state index < -0.39 is 22.6 Å². The largest absolute Gasteiger partial charge is 0.452 e. The molecule has 1 saturated heterocycles. The van der Waals surface area contributed by atoms with Gasteiger partial charge in [-0.15, -0.1) is 11.3 Å². The molecule has 1 amide bonds. The van der Waals surface area contributed by atoms with Crippen LogP contribution in [0, 0.1) is 0 Å². The molecule has 8 nitrogen and oxygen atoms in total. The first-order valence-corrected chi connectivity index (χ1v) is 11.1. The lowest BCUT2D eigenvalue weighted by atomic mass is 10.2. The average molecular weight is 444 g/mol. The highest BCUT2D eigenvalue weighted by molar-refractivity contribution is 7.91. The van der Waals surface area contributed by atoms with E-state index >= 15 is 0 Å². The van der Waals surface area contributed by atoms with Gasteiger partial charge in [0.25, 0.3) is 5.91 Å². The van der Waals surface area contributed by atoms with Crippen LogP contribution in [0.4, 0.5) is 5.69 Å². The molecular weight excluding hydrogens is 426 g/mol. The molecule has 0 unspecified atom stereocenters. The normalized spacial score (nSPS) is 14.8. The summed E-state index contributed by atoms with van der Waals surface area (Å²) in [6, 6.07) is 8.65. The Balaban J connectivity index is 1.49. The minimum atomic E-state index is -3.87. The zero-order valence-electron chi connectivity index (χ0n) is 14.7. The number of nitrogens with two attached hydrogens (primary N) is 1. The van der Waals surface area contributed by atoms with Crippen LogP contribution < -0.4 is 10.0 Å². The molecule has 1 aliphatic rings. The number of piperazine rings is 1. The maximum atomic E-state index is 12.3. The summed E-state index contributed by atoms with van der Waals surface area (Å²) in [6.07, 6.45) is 0. The first-order chi connectivity index (χ1) is 13.2. The highest BCUT2D eigenvalue weighted by Crippen LogP contribution is 2.21. The summed E-state index contributed by atoms with van der Waals surface area (Å²) < 4.78 is 27.4. The Morgan fingerprint density at radius 1 is 1.18 bits per heavy atom. The van der Waals surface area contributed by atoms with Crippen molar-refractivity contribution in [1.29, 1.82) is 0 Å². The van der Waals surface area contributed by atoms with Crippen LogP contribution >= 0.6 is 22.9 Å². The molecule has 0 aliphatic carbocycles. The number of amides is 1. The van der Waals surface area contributed by atoms with Gasteiger partial charge in [0.1, 0.15) is 4.21 Å². The molecule has 2 N–H and O–H groups in total. The molecular formula is C17H18ClN3O5S2. The molecule has 0 radical (unpaired) electrons. The molecule has 1 fully saturated rings. The van der Waals surface area contributed by atoms with Gasteiger partial charge < -0.3 is 14.5 Å². The van der Waals surface area contributed by atoms with Crippen LogP contribution in [0.15, 0.2) is 39.9 Å². The monoisotopic (exact) mass is 443 g/mol. The van der Waals surface area contributed by atoms with Gasteiger partial charge in [-0.05, 0) is 24.3 Å². The second-order valence-electron chi connectivity index (χ2n) is 6.12. The van der Waals surface area contributed by atoms with E-state index in [1.165, 1.54) is 5.38 Å². The molecule has 1 aliphatic heterocycles. The Kier molecular flexibility index (Phi) is 6.23. The van der Waals surface area contributed by atoms with E-state index in [1.807, 2.05) is 18.2 Å². The third-order valence-electron chi connectivity index (χ3n) is 4.22. The molecule has 1 aromatic heterocycles. The second-order valence-corrected chi connectivity index (χ2v) is 9.26. The summed E-state index contributed by atoms with van der Waals surface area (Å²) in [4.78, 5) is 28.0. The summed E-state index contributed by atoms with van der Waals surface area (Å²) in [7, 11) is -3.87. The number of nitrogens with zero attached hydrogens (tertiary/aromatic N) is 2. The Hall–Kier alpha value is -2.14. The summed E-state index contributed by atoms with van der Waals surface area (Å²) >= 11 is 6.83. The van der Waals surface area contributed by atoms with Crippen molar-refractivity contribution in [2.45, 2.75) is 4.21 Å². The molecule has 0 bridgehead atoms. The molecule has 0 spiro atoms. The number of anilines is 1. The van der Waals surface area contributed by atoms with E-state index in [9.17, 15) is 18.0 Å². The van der Waals surface area contributed by atoms with Crippen molar-refractivity contribution >= 4 is 50.5 Å². The quantitative estimate of drug-likeness (QED) is 0.702. The van der Waals surface area contributed by atoms with Crippen molar-refractivity contribution in [2.75, 3.05) is 37.7 Å². The summed E-state index contributed by atoms with van der Waals surface area (Å²) in [5.74, 6) is -1.07. The number of carbonyl (C=O) groups is 2. The topological polar surface area (TPSA) is 110 Å². The SMILES string of the molecule is NS(=O)(=O)c1cc(C(=O)OCC(=O)N2CCN(c3cccc(Cl)c3)CC2)cs1. The van der Waals surface area contributed by atoms with Crippen LogP contribution in [-0.2, 0) is 19.6 Å². The maximum Gasteiger partial charge on any atom is 0.339 e. The van der Waals surface area contributed by atoms with Crippen molar-refractivity contribution in [1.82, 2.24) is 4.90 Å². The third-order valence-corrected chi connectivity index (χ3v) is 6.85. The van der Waals surface area contributed by atoms with E-state index in [1.54, 1.807) is 11.0 Å². The van der Waals surface area contributed by atoms with Gasteiger partial charge in [0.2, 0.25) is 10.0 Å². The lowest BCUT2D eigenvalue weighted by Gasteiger charge is -2.36. The number of ether oxygens (including phenoxy) is 1. The molecule has 150 valence electrons. The fourth-order valence-corrected chi connectivity index (χ4v) is 4.52. The van der Waals surface area contributed by atoms with E-state index in [4.69, 9.17) is 21.5 Å². The lowest BCUT2D eigenvalue weighted by molar-refractivity contribution is -0.134. The molecule has 3 rings (SSSR count). The van der Waals surface area contributed by atoms with Crippen LogP contribution in [0.25, 0.3) is 0 Å². The summed E-state index contributed by atoms with van der Waals surface area (Å²) in [5, 5.41) is 6.99. The number of hydrogen-bond donors (Lipinski definition) is 1. The smallest absolute Gasteiger partial charge is 0.339 e. The first kappa shape index (κ1) is 20.6. The number of esters is 1. The molecule has 2 heterocycles. The molecule has 11 heteroatoms. The van der Waals surface area contributed by atoms with E-state index in [2.05, 4.69) is 4.90 Å². The van der Waals surface area contributed by atoms with Gasteiger partial charge in [0, 0.05) is 42.3 Å². The fourth-order valence-electron chi connectivity index (χ4n) is 2.76. The van der Waals surface area contributed by atoms with Gasteiger partial charge >= 0.3 is 5.97 Å². The van der Waals surface area contributed by atoms with Gasteiger partial charge in [-0.2, -0.15) is 0 Å². The second kappa shape index (κ2) is 8.48. The zero-order chi connectivity index (χ0) is 20.3. The number of benzene rings is 1. The average Bonchev–Trinajstić information content (AvgIpc) is 3.17. The Morgan fingerprint density at radius 3 is 2.50 bits per heavy atom. The van der Waals surface area contributed by atoms with Crippen molar-refractivity contribution in [3.8, 4) is 0 Å². The van der Waals surface area contributed by atoms with Crippen molar-refractivity contribution in [3.05, 3.63) is 46.3 Å². The van der Waals surface area contributed by atoms with Gasteiger partial charge in [-0.25, -0.2) is 18.4 Å². The maximum absolute atomic E-state index is 12.3. The van der Waals surface area contributed by atoms with Crippen molar-refractivity contribution in [2.24, 2.45) is 5.14 Å². The number of carbonyl (C=O) groups excluding carboxylic acids is 2. The molecule has 28 heavy (non-hydrogen) atoms. The Morgan fingerprint density at radius 2 is 1.89 bits per heavy atom. The number of primary sulfonamides is 1. The molecule has 1 aromatic carbocycles. The highest BCUT2D eigenvalue weighted by Gasteiger charge is 2.23. The molecule has 2 aromatic rings. The van der Waals surface area contributed by atoms with Gasteiger partial charge in [-0.3, -0.25) is 4.79 Å². The summed E-state index contributed by atoms with van der Waals surface area (Å²) in [6.45, 7) is 1.87. The van der Waals surface area contributed by atoms with Crippen LogP contribution in [-0.4, -0.2) is 58.0 Å². The van der Waals surface area contributed by atoms with Crippen LogP contribution in [0.2, 0.25) is 5.02 Å². The summed E-state index contributed by atoms with van der Waals surface area (Å²) in [5.41, 5.74) is 1.04. The predicted molar refractivity (Wildman–Crippen MR) is 106 cm³/mol. The predicted octanol–water partition coefficient (Wildman–Crippen LogP) is 1.55. The molecule has 0 saturated carbocycles. The van der Waals surface area contributed by atoms with E-state index in [0.29, 0.717) is 31.2 Å². The number of thiophene rings is 1. The lowest BCUT2D eigenvalue weighted by Crippen LogP contribution is -2.49. The van der Waals surface area contributed by atoms with Crippen LogP contribution in [0.3, 0.4) is 0 Å². The number of hydrogen-bond acceptors (Lipinski definition) is 7. The van der Waals surface area contributed by atoms with Gasteiger partial charge in [0.05, 0.1) is 5.56 Å². The van der Waals surface area contributed by atoms with Gasteiger partial charge in [0.15, 0.2) is 6.61 Å². The highest BCUT2D eigenvalue weighted by atomic mass is 35.5. The Labute approximate surface area is 171 Å². The number of sulfonamides is 1. The standard InChI is InChI=1S/C17H18ClN3O5S2/c18-13-2-1-3-14(9-13)20-4-6-21(7-5-20)15(22)10-26-17(23)12-8-16(27-11-12)28(19,24)25/h1-3,8-9,11H,4-7,10H2,(H2,19,24,25). The van der Waals surface area contributed by atoms with Gasteiger partial charge in [-0.1, -0.05) is 17.7 Å². The van der Waals surface area contributed by atoms with Crippen molar-refractivity contribution in [3.63, 3.8) is 0 Å². The van der Waals surface area contributed by atoms with E-state index in [0.717, 1.165) is 23.1 Å². The zero-order valence-corrected chi connectivity index (χ0v) is 17.1.